The van der Waals surface area contributed by atoms with Crippen molar-refractivity contribution in [1.82, 2.24) is 5.32 Å². The molecule has 1 aliphatic rings. The minimum Gasteiger partial charge on any atom is -0.480 e. The summed E-state index contributed by atoms with van der Waals surface area (Å²) in [5.41, 5.74) is -0.717. The van der Waals surface area contributed by atoms with Crippen LogP contribution in [0, 0.1) is 5.92 Å². The molecular formula is C15H29NO3. The third kappa shape index (κ3) is 4.46. The first-order valence-corrected chi connectivity index (χ1v) is 7.67. The van der Waals surface area contributed by atoms with E-state index >= 15 is 0 Å². The maximum Gasteiger partial charge on any atom is 0.324 e. The summed E-state index contributed by atoms with van der Waals surface area (Å²) in [5, 5.41) is 12.5. The molecule has 0 aliphatic heterocycles. The molecule has 0 bridgehead atoms. The molecule has 112 valence electrons. The molecule has 4 nitrogen and oxygen atoms in total. The molecule has 1 fully saturated rings. The van der Waals surface area contributed by atoms with E-state index < -0.39 is 11.5 Å². The molecule has 0 aromatic heterocycles. The van der Waals surface area contributed by atoms with Crippen LogP contribution in [-0.2, 0) is 9.53 Å². The van der Waals surface area contributed by atoms with Crippen LogP contribution in [0.25, 0.3) is 0 Å². The lowest BCUT2D eigenvalue weighted by Crippen LogP contribution is -2.53. The number of rotatable bonds is 10. The van der Waals surface area contributed by atoms with Crippen molar-refractivity contribution in [3.8, 4) is 0 Å². The standard InChI is InChI=1S/C15H29NO3/c1-3-4-5-6-11-19-12-9-13-8-7-10-15(13,16-2)14(17)18/h13,16H,3-12H2,1-2H3,(H,17,18). The Hall–Kier alpha value is -0.610. The Kier molecular flexibility index (Phi) is 7.39. The number of ether oxygens (including phenoxy) is 1. The van der Waals surface area contributed by atoms with Gasteiger partial charge in [-0.05, 0) is 38.6 Å². The molecule has 0 amide bonds. The van der Waals surface area contributed by atoms with Gasteiger partial charge in [-0.15, -0.1) is 0 Å². The van der Waals surface area contributed by atoms with E-state index in [1.807, 2.05) is 0 Å². The number of carboxylic acid groups (broad SMARTS) is 1. The number of unbranched alkanes of at least 4 members (excludes halogenated alkanes) is 3. The Morgan fingerprint density at radius 1 is 1.37 bits per heavy atom. The molecule has 2 unspecified atom stereocenters. The van der Waals surface area contributed by atoms with Crippen molar-refractivity contribution in [1.29, 1.82) is 0 Å². The van der Waals surface area contributed by atoms with Crippen molar-refractivity contribution in [2.45, 2.75) is 63.8 Å². The van der Waals surface area contributed by atoms with Gasteiger partial charge in [0.2, 0.25) is 0 Å². The highest BCUT2D eigenvalue weighted by Crippen LogP contribution is 2.37. The zero-order valence-electron chi connectivity index (χ0n) is 12.4. The van der Waals surface area contributed by atoms with Crippen molar-refractivity contribution in [2.75, 3.05) is 20.3 Å². The maximum absolute atomic E-state index is 11.5. The van der Waals surface area contributed by atoms with E-state index in [4.69, 9.17) is 4.74 Å². The molecule has 0 spiro atoms. The van der Waals surface area contributed by atoms with Crippen molar-refractivity contribution in [3.63, 3.8) is 0 Å². The minimum absolute atomic E-state index is 0.200. The molecule has 0 aromatic rings. The second-order valence-electron chi connectivity index (χ2n) is 5.58. The largest absolute Gasteiger partial charge is 0.480 e. The molecular weight excluding hydrogens is 242 g/mol. The molecule has 2 N–H and O–H groups in total. The van der Waals surface area contributed by atoms with Crippen LogP contribution in [0.4, 0.5) is 0 Å². The summed E-state index contributed by atoms with van der Waals surface area (Å²) >= 11 is 0. The number of nitrogens with one attached hydrogen (secondary N) is 1. The monoisotopic (exact) mass is 271 g/mol. The molecule has 0 saturated heterocycles. The van der Waals surface area contributed by atoms with Crippen molar-refractivity contribution >= 4 is 5.97 Å². The summed E-state index contributed by atoms with van der Waals surface area (Å²) in [4.78, 5) is 11.5. The summed E-state index contributed by atoms with van der Waals surface area (Å²) in [6.45, 7) is 3.70. The van der Waals surface area contributed by atoms with Gasteiger partial charge in [-0.25, -0.2) is 0 Å². The summed E-state index contributed by atoms with van der Waals surface area (Å²) in [6.07, 6.45) is 8.44. The third-order valence-electron chi connectivity index (χ3n) is 4.40. The van der Waals surface area contributed by atoms with E-state index in [9.17, 15) is 9.90 Å². The van der Waals surface area contributed by atoms with Gasteiger partial charge in [-0.2, -0.15) is 0 Å². The Morgan fingerprint density at radius 2 is 2.16 bits per heavy atom. The normalized spacial score (nSPS) is 26.7. The topological polar surface area (TPSA) is 58.6 Å². The lowest BCUT2D eigenvalue weighted by molar-refractivity contribution is -0.146. The quantitative estimate of drug-likeness (QED) is 0.600. The third-order valence-corrected chi connectivity index (χ3v) is 4.40. The summed E-state index contributed by atoms with van der Waals surface area (Å²) in [6, 6.07) is 0. The predicted molar refractivity (Wildman–Crippen MR) is 76.3 cm³/mol. The Labute approximate surface area is 116 Å². The molecule has 19 heavy (non-hydrogen) atoms. The predicted octanol–water partition coefficient (Wildman–Crippen LogP) is 2.82. The highest BCUT2D eigenvalue weighted by molar-refractivity contribution is 5.79. The van der Waals surface area contributed by atoms with E-state index in [0.29, 0.717) is 6.61 Å². The Bertz CT molecular complexity index is 270. The lowest BCUT2D eigenvalue weighted by Gasteiger charge is -2.30. The van der Waals surface area contributed by atoms with Gasteiger partial charge in [0.1, 0.15) is 5.54 Å². The molecule has 1 rings (SSSR count). The smallest absolute Gasteiger partial charge is 0.324 e. The lowest BCUT2D eigenvalue weighted by atomic mass is 9.85. The van der Waals surface area contributed by atoms with Crippen molar-refractivity contribution in [2.24, 2.45) is 5.92 Å². The van der Waals surface area contributed by atoms with Gasteiger partial charge in [0.25, 0.3) is 0 Å². The van der Waals surface area contributed by atoms with Crippen LogP contribution in [0.1, 0.15) is 58.3 Å². The highest BCUT2D eigenvalue weighted by atomic mass is 16.5. The zero-order valence-corrected chi connectivity index (χ0v) is 12.4. The van der Waals surface area contributed by atoms with Gasteiger partial charge in [0.05, 0.1) is 0 Å². The molecule has 0 heterocycles. The SMILES string of the molecule is CCCCCCOCCC1CCCC1(NC)C(=O)O. The summed E-state index contributed by atoms with van der Waals surface area (Å²) < 4.78 is 5.64. The molecule has 2 atom stereocenters. The molecule has 1 saturated carbocycles. The van der Waals surface area contributed by atoms with E-state index in [0.717, 1.165) is 38.7 Å². The minimum atomic E-state index is -0.717. The fourth-order valence-corrected chi connectivity index (χ4v) is 3.14. The van der Waals surface area contributed by atoms with Crippen LogP contribution in [0.3, 0.4) is 0 Å². The number of aliphatic carboxylic acids is 1. The van der Waals surface area contributed by atoms with Gasteiger partial charge in [0, 0.05) is 13.2 Å². The number of carbonyl (C=O) groups is 1. The van der Waals surface area contributed by atoms with Crippen LogP contribution in [-0.4, -0.2) is 36.9 Å². The molecule has 0 radical (unpaired) electrons. The number of carboxylic acids is 1. The van der Waals surface area contributed by atoms with Crippen LogP contribution >= 0.6 is 0 Å². The van der Waals surface area contributed by atoms with E-state index in [1.54, 1.807) is 7.05 Å². The van der Waals surface area contributed by atoms with Gasteiger partial charge < -0.3 is 15.2 Å². The second kappa shape index (κ2) is 8.54. The fraction of sp³-hybridized carbons (Fsp3) is 0.933. The van der Waals surface area contributed by atoms with Gasteiger partial charge in [0.15, 0.2) is 0 Å². The zero-order chi connectivity index (χ0) is 14.1. The first kappa shape index (κ1) is 16.4. The Balaban J connectivity index is 2.23. The number of likely N-dealkylation sites (N-methyl/N-ethyl adjacent to an activating group) is 1. The second-order valence-corrected chi connectivity index (χ2v) is 5.58. The van der Waals surface area contributed by atoms with Gasteiger partial charge in [-0.1, -0.05) is 32.6 Å². The Morgan fingerprint density at radius 3 is 2.79 bits per heavy atom. The van der Waals surface area contributed by atoms with Crippen LogP contribution in [0.5, 0.6) is 0 Å². The van der Waals surface area contributed by atoms with E-state index in [1.165, 1.54) is 19.3 Å². The van der Waals surface area contributed by atoms with Crippen molar-refractivity contribution < 1.29 is 14.6 Å². The fourth-order valence-electron chi connectivity index (χ4n) is 3.14. The molecule has 0 aromatic carbocycles. The first-order chi connectivity index (χ1) is 9.17. The average Bonchev–Trinajstić information content (AvgIpc) is 2.82. The number of hydrogen-bond donors (Lipinski definition) is 2. The first-order valence-electron chi connectivity index (χ1n) is 7.67. The van der Waals surface area contributed by atoms with Gasteiger partial charge >= 0.3 is 5.97 Å². The van der Waals surface area contributed by atoms with Crippen LogP contribution in [0.2, 0.25) is 0 Å². The maximum atomic E-state index is 11.5. The molecule has 1 aliphatic carbocycles. The van der Waals surface area contributed by atoms with E-state index in [-0.39, 0.29) is 5.92 Å². The van der Waals surface area contributed by atoms with Gasteiger partial charge in [-0.3, -0.25) is 4.79 Å². The number of hydrogen-bond acceptors (Lipinski definition) is 3. The van der Waals surface area contributed by atoms with Crippen LogP contribution < -0.4 is 5.32 Å². The average molecular weight is 271 g/mol. The van der Waals surface area contributed by atoms with Crippen molar-refractivity contribution in [3.05, 3.63) is 0 Å². The molecule has 4 heteroatoms. The van der Waals surface area contributed by atoms with Crippen LogP contribution in [0.15, 0.2) is 0 Å². The summed E-state index contributed by atoms with van der Waals surface area (Å²) in [5.74, 6) is -0.508. The summed E-state index contributed by atoms with van der Waals surface area (Å²) in [7, 11) is 1.76. The van der Waals surface area contributed by atoms with E-state index in [2.05, 4.69) is 12.2 Å². The highest BCUT2D eigenvalue weighted by Gasteiger charge is 2.47.